The van der Waals surface area contributed by atoms with E-state index >= 15 is 0 Å². The number of carbonyl (C=O) groups excluding carboxylic acids is 3. The molecule has 1 aliphatic heterocycles. The molecule has 2 aromatic rings. The first-order chi connectivity index (χ1) is 15.5. The van der Waals surface area contributed by atoms with Crippen LogP contribution in [0.2, 0.25) is 0 Å². The Balaban J connectivity index is 1.78. The number of nitrogens with one attached hydrogen (secondary N) is 2. The van der Waals surface area contributed by atoms with E-state index < -0.39 is 5.41 Å². The van der Waals surface area contributed by atoms with Gasteiger partial charge in [-0.3, -0.25) is 14.4 Å². The number of ether oxygens (including phenoxy) is 1. The Kier molecular flexibility index (Phi) is 7.44. The molecule has 1 aliphatic rings. The number of hydrogen-bond acceptors (Lipinski definition) is 6. The molecule has 1 aromatic carbocycles. The topological polar surface area (TPSA) is 91.0 Å². The van der Waals surface area contributed by atoms with Crippen LogP contribution in [0.25, 0.3) is 0 Å². The fraction of sp³-hybridized carbons (Fsp3) is 0.458. The van der Waals surface area contributed by atoms with Crippen molar-refractivity contribution < 1.29 is 19.1 Å². The van der Waals surface area contributed by atoms with Crippen LogP contribution in [0.3, 0.4) is 0 Å². The quantitative estimate of drug-likeness (QED) is 0.693. The van der Waals surface area contributed by atoms with Crippen LogP contribution in [0.4, 0.5) is 10.7 Å². The first kappa shape index (κ1) is 24.7. The zero-order chi connectivity index (χ0) is 24.3. The van der Waals surface area contributed by atoms with E-state index in [1.54, 1.807) is 24.3 Å². The van der Waals surface area contributed by atoms with Crippen molar-refractivity contribution in [2.24, 2.45) is 5.41 Å². The number of likely N-dealkylation sites (N-methyl/N-ethyl adjacent to an activating group) is 1. The molecule has 3 rings (SSSR count). The highest BCUT2D eigenvalue weighted by Gasteiger charge is 2.24. The Bertz CT molecular complexity index is 1050. The summed E-state index contributed by atoms with van der Waals surface area (Å²) in [6.07, 6.45) is 0. The molecule has 3 amide bonds. The van der Waals surface area contributed by atoms with E-state index in [1.165, 1.54) is 18.4 Å². The second-order valence-corrected chi connectivity index (χ2v) is 10.3. The number of rotatable bonds is 5. The first-order valence-corrected chi connectivity index (χ1v) is 11.7. The lowest BCUT2D eigenvalue weighted by Gasteiger charge is -2.32. The van der Waals surface area contributed by atoms with Gasteiger partial charge in [-0.05, 0) is 43.8 Å². The Morgan fingerprint density at radius 3 is 2.30 bits per heavy atom. The molecule has 0 saturated carbocycles. The van der Waals surface area contributed by atoms with E-state index in [2.05, 4.69) is 15.5 Å². The maximum absolute atomic E-state index is 13.0. The lowest BCUT2D eigenvalue weighted by Crippen LogP contribution is -2.47. The smallest absolute Gasteiger partial charge is 0.266 e. The minimum Gasteiger partial charge on any atom is -0.495 e. The van der Waals surface area contributed by atoms with E-state index in [0.717, 1.165) is 18.7 Å². The number of carbonyl (C=O) groups is 3. The number of piperazine rings is 1. The summed E-state index contributed by atoms with van der Waals surface area (Å²) in [5.41, 5.74) is 1.14. The zero-order valence-corrected chi connectivity index (χ0v) is 20.9. The van der Waals surface area contributed by atoms with Crippen LogP contribution in [0.15, 0.2) is 24.3 Å². The van der Waals surface area contributed by atoms with Crippen molar-refractivity contribution in [2.45, 2.75) is 27.7 Å². The summed E-state index contributed by atoms with van der Waals surface area (Å²) in [4.78, 5) is 42.8. The minimum atomic E-state index is -0.537. The van der Waals surface area contributed by atoms with Gasteiger partial charge in [0.1, 0.15) is 5.75 Å². The van der Waals surface area contributed by atoms with Crippen LogP contribution in [0.5, 0.6) is 5.75 Å². The molecule has 1 fully saturated rings. The largest absolute Gasteiger partial charge is 0.495 e. The van der Waals surface area contributed by atoms with Crippen LogP contribution in [0, 0.1) is 12.3 Å². The molecule has 178 valence electrons. The fourth-order valence-electron chi connectivity index (χ4n) is 3.38. The third-order valence-corrected chi connectivity index (χ3v) is 6.68. The van der Waals surface area contributed by atoms with Gasteiger partial charge in [0.2, 0.25) is 5.91 Å². The van der Waals surface area contributed by atoms with Crippen LogP contribution in [0.1, 0.15) is 46.4 Å². The van der Waals surface area contributed by atoms with Crippen LogP contribution < -0.4 is 15.4 Å². The molecule has 0 bridgehead atoms. The van der Waals surface area contributed by atoms with E-state index in [9.17, 15) is 14.4 Å². The molecule has 8 nitrogen and oxygen atoms in total. The highest BCUT2D eigenvalue weighted by Crippen LogP contribution is 2.31. The van der Waals surface area contributed by atoms with E-state index in [-0.39, 0.29) is 17.7 Å². The Hall–Kier alpha value is -2.91. The molecule has 2 heterocycles. The third kappa shape index (κ3) is 5.91. The van der Waals surface area contributed by atoms with Gasteiger partial charge in [-0.2, -0.15) is 0 Å². The van der Waals surface area contributed by atoms with E-state index in [1.807, 2.05) is 39.6 Å². The molecule has 1 aromatic heterocycles. The number of thiophene rings is 1. The highest BCUT2D eigenvalue weighted by atomic mass is 32.1. The molecule has 0 radical (unpaired) electrons. The predicted molar refractivity (Wildman–Crippen MR) is 131 cm³/mol. The van der Waals surface area contributed by atoms with E-state index in [4.69, 9.17) is 4.74 Å². The molecule has 0 aliphatic carbocycles. The lowest BCUT2D eigenvalue weighted by atomic mass is 9.96. The van der Waals surface area contributed by atoms with Gasteiger partial charge in [0, 0.05) is 37.2 Å². The van der Waals surface area contributed by atoms with Crippen LogP contribution >= 0.6 is 11.3 Å². The average Bonchev–Trinajstić information content (AvgIpc) is 3.13. The van der Waals surface area contributed by atoms with Gasteiger partial charge in [0.25, 0.3) is 11.8 Å². The van der Waals surface area contributed by atoms with Crippen molar-refractivity contribution in [1.29, 1.82) is 0 Å². The maximum atomic E-state index is 13.0. The van der Waals surface area contributed by atoms with Gasteiger partial charge in [-0.15, -0.1) is 11.3 Å². The van der Waals surface area contributed by atoms with Crippen LogP contribution in [-0.4, -0.2) is 67.9 Å². The average molecular weight is 473 g/mol. The van der Waals surface area contributed by atoms with Gasteiger partial charge in [0.15, 0.2) is 0 Å². The minimum absolute atomic E-state index is 0.0688. The number of methoxy groups -OCH3 is 1. The van der Waals surface area contributed by atoms with Gasteiger partial charge < -0.3 is 25.2 Å². The van der Waals surface area contributed by atoms with Crippen molar-refractivity contribution in [3.05, 3.63) is 40.3 Å². The third-order valence-electron chi connectivity index (χ3n) is 5.53. The second kappa shape index (κ2) is 9.93. The van der Waals surface area contributed by atoms with Crippen molar-refractivity contribution in [1.82, 2.24) is 9.80 Å². The predicted octanol–water partition coefficient (Wildman–Crippen LogP) is 3.69. The van der Waals surface area contributed by atoms with Gasteiger partial charge >= 0.3 is 0 Å². The molecule has 0 atom stereocenters. The SMILES string of the molecule is COc1ccc(C(=O)N2CCN(C)CC2)cc1NC(=O)c1sc(NC(=O)C(C)(C)C)cc1C. The summed E-state index contributed by atoms with van der Waals surface area (Å²) in [6.45, 7) is 10.3. The number of amides is 3. The first-order valence-electron chi connectivity index (χ1n) is 10.9. The second-order valence-electron chi connectivity index (χ2n) is 9.29. The summed E-state index contributed by atoms with van der Waals surface area (Å²) in [5, 5.41) is 6.36. The molecule has 33 heavy (non-hydrogen) atoms. The normalized spacial score (nSPS) is 14.7. The Labute approximate surface area is 198 Å². The fourth-order valence-corrected chi connectivity index (χ4v) is 4.34. The van der Waals surface area contributed by atoms with Gasteiger partial charge in [-0.1, -0.05) is 20.8 Å². The number of nitrogens with zero attached hydrogens (tertiary/aromatic N) is 2. The zero-order valence-electron chi connectivity index (χ0n) is 20.1. The number of anilines is 2. The lowest BCUT2D eigenvalue weighted by molar-refractivity contribution is -0.123. The summed E-state index contributed by atoms with van der Waals surface area (Å²) in [7, 11) is 3.55. The Morgan fingerprint density at radius 1 is 1.03 bits per heavy atom. The number of benzene rings is 1. The number of aryl methyl sites for hydroxylation is 1. The molecular formula is C24H32N4O4S. The van der Waals surface area contributed by atoms with Crippen molar-refractivity contribution in [2.75, 3.05) is 51.0 Å². The maximum Gasteiger partial charge on any atom is 0.266 e. The highest BCUT2D eigenvalue weighted by molar-refractivity contribution is 7.18. The Morgan fingerprint density at radius 2 is 1.70 bits per heavy atom. The van der Waals surface area contributed by atoms with Crippen molar-refractivity contribution >= 4 is 39.7 Å². The summed E-state index contributed by atoms with van der Waals surface area (Å²) < 4.78 is 5.40. The number of hydrogen-bond donors (Lipinski definition) is 2. The molecule has 2 N–H and O–H groups in total. The van der Waals surface area contributed by atoms with Gasteiger partial charge in [-0.25, -0.2) is 0 Å². The molecule has 0 spiro atoms. The van der Waals surface area contributed by atoms with Crippen LogP contribution in [-0.2, 0) is 4.79 Å². The molecule has 9 heteroatoms. The van der Waals surface area contributed by atoms with E-state index in [0.29, 0.717) is 40.0 Å². The summed E-state index contributed by atoms with van der Waals surface area (Å²) in [6, 6.07) is 6.84. The van der Waals surface area contributed by atoms with Gasteiger partial charge in [0.05, 0.1) is 22.7 Å². The molecule has 1 saturated heterocycles. The summed E-state index contributed by atoms with van der Waals surface area (Å²) in [5.74, 6) is -0.0433. The standard InChI is InChI=1S/C24H32N4O4S/c1-15-13-19(26-23(31)24(2,3)4)33-20(15)21(29)25-17-14-16(7-8-18(17)32-6)22(30)28-11-9-27(5)10-12-28/h7-8,13-14H,9-12H2,1-6H3,(H,25,29)(H,26,31). The molecular weight excluding hydrogens is 440 g/mol. The van der Waals surface area contributed by atoms with Crippen molar-refractivity contribution in [3.8, 4) is 5.75 Å². The monoisotopic (exact) mass is 472 g/mol. The summed E-state index contributed by atoms with van der Waals surface area (Å²) >= 11 is 1.21. The van der Waals surface area contributed by atoms with Crippen molar-refractivity contribution in [3.63, 3.8) is 0 Å². The molecule has 0 unspecified atom stereocenters.